The van der Waals surface area contributed by atoms with Gasteiger partial charge >= 0.3 is 0 Å². The molecule has 1 aromatic carbocycles. The van der Waals surface area contributed by atoms with E-state index >= 15 is 0 Å². The second-order valence-corrected chi connectivity index (χ2v) is 5.30. The molecule has 0 amide bonds. The Balaban J connectivity index is 2.44. The van der Waals surface area contributed by atoms with E-state index in [-0.39, 0.29) is 0 Å². The molecular formula is C14H15Cl2NO. The largest absolute Gasteiger partial charge is 0.382 e. The van der Waals surface area contributed by atoms with Crippen LogP contribution in [0.3, 0.4) is 0 Å². The lowest BCUT2D eigenvalue weighted by Gasteiger charge is -2.12. The third-order valence-corrected chi connectivity index (χ3v) is 4.12. The van der Waals surface area contributed by atoms with Crippen LogP contribution in [0.25, 0.3) is 0 Å². The number of aromatic amines is 1. The molecule has 96 valence electrons. The number of hydrogen-bond acceptors (Lipinski definition) is 1. The number of aryl methyl sites for hydroxylation is 1. The SMILES string of the molecule is Cc1[nH]c(C(O)c2ccc(Cl)c(Cl)c2)c(C)c1C. The molecular weight excluding hydrogens is 269 g/mol. The normalized spacial score (nSPS) is 12.8. The Morgan fingerprint density at radius 3 is 2.22 bits per heavy atom. The van der Waals surface area contributed by atoms with Gasteiger partial charge in [0.25, 0.3) is 0 Å². The monoisotopic (exact) mass is 283 g/mol. The highest BCUT2D eigenvalue weighted by Gasteiger charge is 2.18. The van der Waals surface area contributed by atoms with E-state index in [4.69, 9.17) is 23.2 Å². The summed E-state index contributed by atoms with van der Waals surface area (Å²) >= 11 is 11.8. The van der Waals surface area contributed by atoms with Crippen LogP contribution in [0.1, 0.15) is 34.2 Å². The molecule has 0 aliphatic carbocycles. The summed E-state index contributed by atoms with van der Waals surface area (Å²) in [5, 5.41) is 11.3. The molecule has 0 aliphatic heterocycles. The maximum atomic E-state index is 10.4. The summed E-state index contributed by atoms with van der Waals surface area (Å²) in [5.74, 6) is 0. The molecule has 0 bridgehead atoms. The number of nitrogens with one attached hydrogen (secondary N) is 1. The highest BCUT2D eigenvalue weighted by molar-refractivity contribution is 6.42. The molecule has 1 unspecified atom stereocenters. The van der Waals surface area contributed by atoms with Gasteiger partial charge in [-0.2, -0.15) is 0 Å². The molecule has 1 aromatic heterocycles. The molecule has 18 heavy (non-hydrogen) atoms. The number of benzene rings is 1. The van der Waals surface area contributed by atoms with Gasteiger partial charge in [-0.1, -0.05) is 29.3 Å². The molecule has 2 aromatic rings. The first-order valence-corrected chi connectivity index (χ1v) is 6.46. The standard InChI is InChI=1S/C14H15Cl2NO/c1-7-8(2)13(17-9(7)3)14(18)10-4-5-11(15)12(16)6-10/h4-6,14,17-18H,1-3H3. The molecule has 4 heteroatoms. The van der Waals surface area contributed by atoms with E-state index in [0.717, 1.165) is 22.5 Å². The minimum atomic E-state index is -0.716. The zero-order valence-corrected chi connectivity index (χ0v) is 12.0. The summed E-state index contributed by atoms with van der Waals surface area (Å²) in [6.07, 6.45) is -0.716. The van der Waals surface area contributed by atoms with Crippen molar-refractivity contribution in [2.45, 2.75) is 26.9 Å². The van der Waals surface area contributed by atoms with Crippen molar-refractivity contribution < 1.29 is 5.11 Å². The van der Waals surface area contributed by atoms with E-state index in [9.17, 15) is 5.11 Å². The Bertz CT molecular complexity index is 590. The van der Waals surface area contributed by atoms with E-state index in [0.29, 0.717) is 10.0 Å². The molecule has 0 fully saturated rings. The fourth-order valence-electron chi connectivity index (χ4n) is 2.00. The van der Waals surface area contributed by atoms with Crippen molar-refractivity contribution >= 4 is 23.2 Å². The van der Waals surface area contributed by atoms with E-state index in [2.05, 4.69) is 4.98 Å². The molecule has 2 N–H and O–H groups in total. The lowest BCUT2D eigenvalue weighted by atomic mass is 10.0. The van der Waals surface area contributed by atoms with Crippen LogP contribution in [0.5, 0.6) is 0 Å². The van der Waals surface area contributed by atoms with Gasteiger partial charge in [0, 0.05) is 5.69 Å². The van der Waals surface area contributed by atoms with Gasteiger partial charge in [0.05, 0.1) is 15.7 Å². The van der Waals surface area contributed by atoms with Gasteiger partial charge in [-0.25, -0.2) is 0 Å². The van der Waals surface area contributed by atoms with Gasteiger partial charge in [0.2, 0.25) is 0 Å². The molecule has 1 heterocycles. The second kappa shape index (κ2) is 4.96. The lowest BCUT2D eigenvalue weighted by Crippen LogP contribution is -2.02. The molecule has 0 radical (unpaired) electrons. The van der Waals surface area contributed by atoms with E-state index in [1.807, 2.05) is 20.8 Å². The molecule has 1 atom stereocenters. The van der Waals surface area contributed by atoms with Crippen LogP contribution < -0.4 is 0 Å². The van der Waals surface area contributed by atoms with Gasteiger partial charge in [0.1, 0.15) is 6.10 Å². The van der Waals surface area contributed by atoms with Crippen LogP contribution >= 0.6 is 23.2 Å². The predicted molar refractivity (Wildman–Crippen MR) is 75.5 cm³/mol. The summed E-state index contributed by atoms with van der Waals surface area (Å²) in [5.41, 5.74) is 4.86. The van der Waals surface area contributed by atoms with Crippen LogP contribution in [-0.4, -0.2) is 10.1 Å². The van der Waals surface area contributed by atoms with Crippen LogP contribution in [-0.2, 0) is 0 Å². The number of H-pyrrole nitrogens is 1. The first kappa shape index (κ1) is 13.5. The Hall–Kier alpha value is -0.960. The number of aliphatic hydroxyl groups excluding tert-OH is 1. The maximum absolute atomic E-state index is 10.4. The van der Waals surface area contributed by atoms with Gasteiger partial charge in [0.15, 0.2) is 0 Å². The molecule has 2 rings (SSSR count). The zero-order chi connectivity index (χ0) is 13.4. The first-order chi connectivity index (χ1) is 8.41. The molecule has 0 saturated carbocycles. The molecule has 0 aliphatic rings. The summed E-state index contributed by atoms with van der Waals surface area (Å²) in [6.45, 7) is 6.02. The third kappa shape index (κ3) is 2.28. The average Bonchev–Trinajstić information content (AvgIpc) is 2.60. The Kier molecular flexibility index (Phi) is 3.71. The van der Waals surface area contributed by atoms with Crippen molar-refractivity contribution in [1.29, 1.82) is 0 Å². The number of rotatable bonds is 2. The van der Waals surface area contributed by atoms with Crippen LogP contribution in [0.4, 0.5) is 0 Å². The van der Waals surface area contributed by atoms with Crippen molar-refractivity contribution in [3.8, 4) is 0 Å². The van der Waals surface area contributed by atoms with E-state index < -0.39 is 6.10 Å². The molecule has 0 spiro atoms. The first-order valence-electron chi connectivity index (χ1n) is 5.70. The average molecular weight is 284 g/mol. The van der Waals surface area contributed by atoms with E-state index in [1.54, 1.807) is 18.2 Å². The summed E-state index contributed by atoms with van der Waals surface area (Å²) in [4.78, 5) is 3.22. The number of hydrogen-bond donors (Lipinski definition) is 2. The van der Waals surface area contributed by atoms with Gasteiger partial charge < -0.3 is 10.1 Å². The fraction of sp³-hybridized carbons (Fsp3) is 0.286. The fourth-order valence-corrected chi connectivity index (χ4v) is 2.30. The molecule has 0 saturated heterocycles. The quantitative estimate of drug-likeness (QED) is 0.846. The summed E-state index contributed by atoms with van der Waals surface area (Å²) in [6, 6.07) is 5.17. The van der Waals surface area contributed by atoms with Crippen LogP contribution in [0.15, 0.2) is 18.2 Å². The number of halogens is 2. The van der Waals surface area contributed by atoms with Gasteiger partial charge in [-0.3, -0.25) is 0 Å². The molecule has 2 nitrogen and oxygen atoms in total. The van der Waals surface area contributed by atoms with Crippen LogP contribution in [0.2, 0.25) is 10.0 Å². The number of aliphatic hydroxyl groups is 1. The van der Waals surface area contributed by atoms with Gasteiger partial charge in [-0.15, -0.1) is 0 Å². The lowest BCUT2D eigenvalue weighted by molar-refractivity contribution is 0.215. The zero-order valence-electron chi connectivity index (χ0n) is 10.5. The Labute approximate surface area is 117 Å². The van der Waals surface area contributed by atoms with Crippen molar-refractivity contribution in [2.24, 2.45) is 0 Å². The van der Waals surface area contributed by atoms with Gasteiger partial charge in [-0.05, 0) is 49.6 Å². The summed E-state index contributed by atoms with van der Waals surface area (Å²) < 4.78 is 0. The Morgan fingerprint density at radius 1 is 1.06 bits per heavy atom. The smallest absolute Gasteiger partial charge is 0.119 e. The minimum absolute atomic E-state index is 0.450. The third-order valence-electron chi connectivity index (χ3n) is 3.38. The number of aromatic nitrogens is 1. The maximum Gasteiger partial charge on any atom is 0.119 e. The summed E-state index contributed by atoms with van der Waals surface area (Å²) in [7, 11) is 0. The van der Waals surface area contributed by atoms with Crippen molar-refractivity contribution in [2.75, 3.05) is 0 Å². The highest BCUT2D eigenvalue weighted by atomic mass is 35.5. The van der Waals surface area contributed by atoms with E-state index in [1.165, 1.54) is 5.56 Å². The van der Waals surface area contributed by atoms with Crippen molar-refractivity contribution in [3.05, 3.63) is 56.3 Å². The Morgan fingerprint density at radius 2 is 1.72 bits per heavy atom. The predicted octanol–water partition coefficient (Wildman–Crippen LogP) is 4.33. The van der Waals surface area contributed by atoms with Crippen molar-refractivity contribution in [3.63, 3.8) is 0 Å². The van der Waals surface area contributed by atoms with Crippen molar-refractivity contribution in [1.82, 2.24) is 4.98 Å². The highest BCUT2D eigenvalue weighted by Crippen LogP contribution is 2.31. The topological polar surface area (TPSA) is 36.0 Å². The van der Waals surface area contributed by atoms with Crippen LogP contribution in [0, 0.1) is 20.8 Å². The second-order valence-electron chi connectivity index (χ2n) is 4.49. The minimum Gasteiger partial charge on any atom is -0.382 e.